The summed E-state index contributed by atoms with van der Waals surface area (Å²) in [4.78, 5) is 26.6. The van der Waals surface area contributed by atoms with Gasteiger partial charge >= 0.3 is 6.03 Å². The average molecular weight is 352 g/mol. The molecule has 2 aromatic carbocycles. The number of benzene rings is 2. The average Bonchev–Trinajstić information content (AvgIpc) is 3.13. The summed E-state index contributed by atoms with van der Waals surface area (Å²) in [5.74, 6) is 1.14. The van der Waals surface area contributed by atoms with Gasteiger partial charge in [-0.1, -0.05) is 35.9 Å². The Balaban J connectivity index is 1.53. The van der Waals surface area contributed by atoms with Crippen LogP contribution < -0.4 is 14.8 Å². The minimum Gasteiger partial charge on any atom is -0.454 e. The minimum atomic E-state index is -0.978. The van der Waals surface area contributed by atoms with Crippen molar-refractivity contribution in [2.24, 2.45) is 0 Å². The molecule has 6 nitrogen and oxygen atoms in total. The number of amides is 3. The van der Waals surface area contributed by atoms with E-state index in [0.717, 1.165) is 16.7 Å². The molecule has 2 aliphatic heterocycles. The number of urea groups is 1. The molecule has 0 unspecified atom stereocenters. The number of carbonyl (C=O) groups excluding carboxylic acids is 2. The number of hydrogen-bond acceptors (Lipinski definition) is 4. The van der Waals surface area contributed by atoms with E-state index in [9.17, 15) is 9.59 Å². The highest BCUT2D eigenvalue weighted by Gasteiger charge is 2.47. The first-order valence-electron chi connectivity index (χ1n) is 8.53. The molecule has 2 aliphatic rings. The Labute approximate surface area is 151 Å². The van der Waals surface area contributed by atoms with Crippen molar-refractivity contribution in [2.45, 2.75) is 32.4 Å². The van der Waals surface area contributed by atoms with E-state index >= 15 is 0 Å². The van der Waals surface area contributed by atoms with Crippen LogP contribution in [0.1, 0.15) is 23.6 Å². The molecule has 1 atom stereocenters. The molecular formula is C20H20N2O4. The Morgan fingerprint density at radius 1 is 1.08 bits per heavy atom. The Morgan fingerprint density at radius 3 is 2.69 bits per heavy atom. The normalized spacial score (nSPS) is 21.2. The molecule has 6 heteroatoms. The highest BCUT2D eigenvalue weighted by Crippen LogP contribution is 2.34. The van der Waals surface area contributed by atoms with Gasteiger partial charge in [0.05, 0.1) is 6.54 Å². The van der Waals surface area contributed by atoms with Crippen molar-refractivity contribution in [1.82, 2.24) is 10.2 Å². The molecule has 2 aromatic rings. The molecule has 0 bridgehead atoms. The number of imide groups is 1. The number of rotatable bonds is 4. The maximum atomic E-state index is 13.0. The second-order valence-corrected chi connectivity index (χ2v) is 7.01. The number of hydrogen-bond donors (Lipinski definition) is 1. The highest BCUT2D eigenvalue weighted by atomic mass is 16.7. The fraction of sp³-hybridized carbons (Fsp3) is 0.300. The standard InChI is InChI=1S/C20H20N2O4/c1-13-4-3-5-15(8-13)11-22-18(23)20(2,21-19(22)24)10-14-6-7-16-17(9-14)26-12-25-16/h3-9H,10-12H2,1-2H3,(H,21,24)/t20-/m1/s1. The van der Waals surface area contributed by atoms with E-state index in [1.54, 1.807) is 6.92 Å². The SMILES string of the molecule is Cc1cccc(CN2C(=O)N[C@](C)(Cc3ccc4c(c3)OCO4)C2=O)c1. The van der Waals surface area contributed by atoms with Crippen LogP contribution in [-0.2, 0) is 17.8 Å². The van der Waals surface area contributed by atoms with Crippen LogP contribution in [0.3, 0.4) is 0 Å². The molecule has 26 heavy (non-hydrogen) atoms. The summed E-state index contributed by atoms with van der Waals surface area (Å²) in [6, 6.07) is 13.0. The van der Waals surface area contributed by atoms with Crippen molar-refractivity contribution >= 4 is 11.9 Å². The van der Waals surface area contributed by atoms with Gasteiger partial charge in [-0.15, -0.1) is 0 Å². The van der Waals surface area contributed by atoms with E-state index in [-0.39, 0.29) is 25.3 Å². The van der Waals surface area contributed by atoms with Crippen LogP contribution in [0.15, 0.2) is 42.5 Å². The zero-order chi connectivity index (χ0) is 18.3. The van der Waals surface area contributed by atoms with Crippen molar-refractivity contribution in [1.29, 1.82) is 0 Å². The van der Waals surface area contributed by atoms with Gasteiger partial charge in [0, 0.05) is 6.42 Å². The van der Waals surface area contributed by atoms with Crippen molar-refractivity contribution in [3.8, 4) is 11.5 Å². The number of aryl methyl sites for hydroxylation is 1. The number of carbonyl (C=O) groups is 2. The Bertz CT molecular complexity index is 895. The fourth-order valence-corrected chi connectivity index (χ4v) is 3.46. The van der Waals surface area contributed by atoms with Gasteiger partial charge in [-0.2, -0.15) is 0 Å². The molecule has 0 aromatic heterocycles. The molecule has 0 aliphatic carbocycles. The first-order chi connectivity index (χ1) is 12.4. The fourth-order valence-electron chi connectivity index (χ4n) is 3.46. The smallest absolute Gasteiger partial charge is 0.325 e. The number of nitrogens with zero attached hydrogens (tertiary/aromatic N) is 1. The van der Waals surface area contributed by atoms with Gasteiger partial charge in [-0.3, -0.25) is 9.69 Å². The van der Waals surface area contributed by atoms with Crippen LogP contribution in [0.4, 0.5) is 4.79 Å². The van der Waals surface area contributed by atoms with Crippen molar-refractivity contribution in [2.75, 3.05) is 6.79 Å². The van der Waals surface area contributed by atoms with Gasteiger partial charge in [-0.25, -0.2) is 4.79 Å². The molecule has 0 saturated carbocycles. The molecule has 1 fully saturated rings. The summed E-state index contributed by atoms with van der Waals surface area (Å²) in [5.41, 5.74) is 1.95. The van der Waals surface area contributed by atoms with Crippen molar-refractivity contribution in [3.63, 3.8) is 0 Å². The predicted molar refractivity (Wildman–Crippen MR) is 94.9 cm³/mol. The van der Waals surface area contributed by atoms with Crippen LogP contribution in [-0.4, -0.2) is 29.2 Å². The second-order valence-electron chi connectivity index (χ2n) is 7.01. The molecule has 1 saturated heterocycles. The lowest BCUT2D eigenvalue weighted by molar-refractivity contribution is -0.131. The van der Waals surface area contributed by atoms with Crippen LogP contribution in [0.2, 0.25) is 0 Å². The topological polar surface area (TPSA) is 67.9 Å². The lowest BCUT2D eigenvalue weighted by Crippen LogP contribution is -2.45. The first-order valence-corrected chi connectivity index (χ1v) is 8.53. The molecule has 134 valence electrons. The zero-order valence-electron chi connectivity index (χ0n) is 14.7. The van der Waals surface area contributed by atoms with E-state index in [1.165, 1.54) is 4.90 Å². The Hall–Kier alpha value is -3.02. The number of fused-ring (bicyclic) bond motifs is 1. The largest absolute Gasteiger partial charge is 0.454 e. The highest BCUT2D eigenvalue weighted by molar-refractivity contribution is 6.06. The van der Waals surface area contributed by atoms with Gasteiger partial charge in [-0.05, 0) is 37.1 Å². The van der Waals surface area contributed by atoms with Gasteiger partial charge < -0.3 is 14.8 Å². The van der Waals surface area contributed by atoms with Crippen LogP contribution in [0.25, 0.3) is 0 Å². The lowest BCUT2D eigenvalue weighted by atomic mass is 9.92. The van der Waals surface area contributed by atoms with Gasteiger partial charge in [0.2, 0.25) is 6.79 Å². The third kappa shape index (κ3) is 2.87. The van der Waals surface area contributed by atoms with Crippen molar-refractivity contribution in [3.05, 3.63) is 59.2 Å². The number of ether oxygens (including phenoxy) is 2. The van der Waals surface area contributed by atoms with Crippen LogP contribution in [0, 0.1) is 6.92 Å². The summed E-state index contributed by atoms with van der Waals surface area (Å²) in [6.07, 6.45) is 0.387. The van der Waals surface area contributed by atoms with E-state index < -0.39 is 5.54 Å². The summed E-state index contributed by atoms with van der Waals surface area (Å²) in [5, 5.41) is 2.85. The Kier molecular flexibility index (Phi) is 3.83. The molecule has 1 N–H and O–H groups in total. The van der Waals surface area contributed by atoms with Gasteiger partial charge in [0.1, 0.15) is 5.54 Å². The lowest BCUT2D eigenvalue weighted by Gasteiger charge is -2.22. The van der Waals surface area contributed by atoms with Crippen molar-refractivity contribution < 1.29 is 19.1 Å². The summed E-state index contributed by atoms with van der Waals surface area (Å²) < 4.78 is 10.7. The quantitative estimate of drug-likeness (QED) is 0.859. The molecule has 3 amide bonds. The first kappa shape index (κ1) is 16.4. The maximum Gasteiger partial charge on any atom is 0.325 e. The van der Waals surface area contributed by atoms with Gasteiger partial charge in [0.15, 0.2) is 11.5 Å². The third-order valence-corrected chi connectivity index (χ3v) is 4.76. The van der Waals surface area contributed by atoms with E-state index in [2.05, 4.69) is 5.32 Å². The minimum absolute atomic E-state index is 0.204. The summed E-state index contributed by atoms with van der Waals surface area (Å²) >= 11 is 0. The zero-order valence-corrected chi connectivity index (χ0v) is 14.7. The maximum absolute atomic E-state index is 13.0. The van der Waals surface area contributed by atoms with Crippen LogP contribution >= 0.6 is 0 Å². The van der Waals surface area contributed by atoms with E-state index in [4.69, 9.17) is 9.47 Å². The Morgan fingerprint density at radius 2 is 1.88 bits per heavy atom. The monoisotopic (exact) mass is 352 g/mol. The number of nitrogens with one attached hydrogen (secondary N) is 1. The van der Waals surface area contributed by atoms with Crippen LogP contribution in [0.5, 0.6) is 11.5 Å². The molecule has 2 heterocycles. The molecular weight excluding hydrogens is 332 g/mol. The molecule has 0 radical (unpaired) electrons. The van der Waals surface area contributed by atoms with Gasteiger partial charge in [0.25, 0.3) is 5.91 Å². The summed E-state index contributed by atoms with van der Waals surface area (Å²) in [7, 11) is 0. The second kappa shape index (κ2) is 6.05. The van der Waals surface area contributed by atoms with E-state index in [1.807, 2.05) is 49.4 Å². The predicted octanol–water partition coefficient (Wildman–Crippen LogP) is 2.78. The summed E-state index contributed by atoms with van der Waals surface area (Å²) in [6.45, 7) is 4.21. The molecule has 4 rings (SSSR count). The van der Waals surface area contributed by atoms with E-state index in [0.29, 0.717) is 17.9 Å². The third-order valence-electron chi connectivity index (χ3n) is 4.76. The molecule has 0 spiro atoms.